The van der Waals surface area contributed by atoms with Crippen molar-refractivity contribution in [2.75, 3.05) is 54.2 Å². The van der Waals surface area contributed by atoms with Gasteiger partial charge < -0.3 is 33.2 Å². The van der Waals surface area contributed by atoms with Crippen molar-refractivity contribution in [2.24, 2.45) is 5.90 Å². The van der Waals surface area contributed by atoms with Gasteiger partial charge >= 0.3 is 5.97 Å². The molecule has 0 aliphatic heterocycles. The molecule has 0 aliphatic rings. The van der Waals surface area contributed by atoms with E-state index in [9.17, 15) is 4.79 Å². The largest absolute Gasteiger partial charge is 0.464 e. The fraction of sp³-hybridized carbons (Fsp3) is 0.345. The smallest absolute Gasteiger partial charge is 0.343 e. The number of hydrogen-bond acceptors (Lipinski definition) is 10. The Morgan fingerprint density at radius 2 is 1.28 bits per heavy atom. The van der Waals surface area contributed by atoms with E-state index in [1.54, 1.807) is 32.4 Å². The molecular weight excluding hydrogens is 506 g/mol. The topological polar surface area (TPSA) is 117 Å². The first-order chi connectivity index (χ1) is 19.2. The van der Waals surface area contributed by atoms with Crippen molar-refractivity contribution in [3.63, 3.8) is 0 Å². The van der Waals surface area contributed by atoms with Crippen LogP contribution in [0.5, 0.6) is 11.5 Å². The molecule has 0 aromatic heterocycles. The van der Waals surface area contributed by atoms with Gasteiger partial charge in [0.25, 0.3) is 0 Å². The Bertz CT molecular complexity index is 1060. The number of nitrogens with two attached hydrogens (primary N) is 1. The minimum absolute atomic E-state index is 0.0730. The third-order valence-electron chi connectivity index (χ3n) is 5.53. The number of esters is 1. The monoisotopic (exact) mass is 541 g/mol. The number of carbonyl (C=O) groups is 1. The van der Waals surface area contributed by atoms with E-state index in [1.165, 1.54) is 0 Å². The summed E-state index contributed by atoms with van der Waals surface area (Å²) in [5, 5.41) is 0. The molecule has 3 rings (SSSR count). The maximum absolute atomic E-state index is 13.5. The van der Waals surface area contributed by atoms with E-state index >= 15 is 0 Å². The first-order valence-corrected chi connectivity index (χ1v) is 12.4. The predicted molar refractivity (Wildman–Crippen MR) is 142 cm³/mol. The van der Waals surface area contributed by atoms with E-state index in [4.69, 9.17) is 43.9 Å². The van der Waals surface area contributed by atoms with Gasteiger partial charge in [-0.25, -0.2) is 10.7 Å². The molecule has 1 atom stereocenters. The van der Waals surface area contributed by atoms with Gasteiger partial charge in [-0.2, -0.15) is 0 Å². The van der Waals surface area contributed by atoms with Crippen molar-refractivity contribution < 1.29 is 42.8 Å². The van der Waals surface area contributed by atoms with E-state index in [1.807, 2.05) is 60.7 Å². The van der Waals surface area contributed by atoms with Gasteiger partial charge in [-0.3, -0.25) is 4.84 Å². The standard InChI is InChI=1S/C29H35NO9/c1-32-16-18-34-20-36-25-15-9-14-24(27(25)37-21-35-19-17-33-2)28(39-30)29(31)38-26(22-10-5-3-6-11-22)23-12-7-4-8-13-23/h3-15,26,28H,16-21,30H2,1-2H3. The highest BCUT2D eigenvalue weighted by molar-refractivity contribution is 5.78. The second-order valence-corrected chi connectivity index (χ2v) is 8.16. The van der Waals surface area contributed by atoms with Crippen LogP contribution in [0.1, 0.15) is 28.9 Å². The van der Waals surface area contributed by atoms with Crippen LogP contribution in [-0.2, 0) is 33.3 Å². The third-order valence-corrected chi connectivity index (χ3v) is 5.53. The van der Waals surface area contributed by atoms with Crippen LogP contribution in [0.3, 0.4) is 0 Å². The molecule has 0 amide bonds. The zero-order valence-corrected chi connectivity index (χ0v) is 22.2. The van der Waals surface area contributed by atoms with Crippen LogP contribution in [0.15, 0.2) is 78.9 Å². The maximum atomic E-state index is 13.5. The average molecular weight is 542 g/mol. The minimum Gasteiger partial charge on any atom is -0.464 e. The summed E-state index contributed by atoms with van der Waals surface area (Å²) in [6, 6.07) is 23.8. The van der Waals surface area contributed by atoms with Gasteiger partial charge in [-0.15, -0.1) is 0 Å². The van der Waals surface area contributed by atoms with E-state index in [2.05, 4.69) is 0 Å². The van der Waals surface area contributed by atoms with Gasteiger partial charge in [-0.05, 0) is 17.2 Å². The van der Waals surface area contributed by atoms with Gasteiger partial charge in [-0.1, -0.05) is 72.8 Å². The van der Waals surface area contributed by atoms with Crippen LogP contribution in [0.25, 0.3) is 0 Å². The van der Waals surface area contributed by atoms with Crippen molar-refractivity contribution in [2.45, 2.75) is 12.2 Å². The van der Waals surface area contributed by atoms with Crippen LogP contribution in [0.4, 0.5) is 0 Å². The summed E-state index contributed by atoms with van der Waals surface area (Å²) in [5.74, 6) is 5.44. The fourth-order valence-corrected chi connectivity index (χ4v) is 3.63. The Hall–Kier alpha value is -3.51. The normalized spacial score (nSPS) is 11.8. The average Bonchev–Trinajstić information content (AvgIpc) is 2.98. The molecule has 10 nitrogen and oxygen atoms in total. The molecule has 210 valence electrons. The quantitative estimate of drug-likeness (QED) is 0.110. The Morgan fingerprint density at radius 3 is 1.82 bits per heavy atom. The lowest BCUT2D eigenvalue weighted by Crippen LogP contribution is -2.25. The van der Waals surface area contributed by atoms with Gasteiger partial charge in [0.05, 0.1) is 26.4 Å². The summed E-state index contributed by atoms with van der Waals surface area (Å²) in [6.07, 6.45) is -2.01. The Balaban J connectivity index is 1.85. The van der Waals surface area contributed by atoms with Crippen LogP contribution in [-0.4, -0.2) is 60.2 Å². The van der Waals surface area contributed by atoms with E-state index in [0.29, 0.717) is 37.7 Å². The highest BCUT2D eigenvalue weighted by atomic mass is 16.7. The highest BCUT2D eigenvalue weighted by Crippen LogP contribution is 2.38. The van der Waals surface area contributed by atoms with Crippen LogP contribution in [0.2, 0.25) is 0 Å². The molecule has 0 radical (unpaired) electrons. The highest BCUT2D eigenvalue weighted by Gasteiger charge is 2.31. The zero-order chi connectivity index (χ0) is 27.7. The molecule has 0 heterocycles. The molecule has 39 heavy (non-hydrogen) atoms. The molecule has 3 aromatic carbocycles. The van der Waals surface area contributed by atoms with Crippen LogP contribution >= 0.6 is 0 Å². The lowest BCUT2D eigenvalue weighted by atomic mass is 10.0. The Morgan fingerprint density at radius 1 is 0.718 bits per heavy atom. The number of ether oxygens (including phenoxy) is 7. The van der Waals surface area contributed by atoms with Crippen molar-refractivity contribution in [1.29, 1.82) is 0 Å². The third kappa shape index (κ3) is 9.32. The molecule has 10 heteroatoms. The van der Waals surface area contributed by atoms with Gasteiger partial charge in [0, 0.05) is 19.8 Å². The van der Waals surface area contributed by atoms with E-state index in [-0.39, 0.29) is 19.3 Å². The molecule has 0 saturated heterocycles. The number of carbonyl (C=O) groups excluding carboxylic acids is 1. The molecule has 0 saturated carbocycles. The molecule has 0 aliphatic carbocycles. The minimum atomic E-state index is -1.33. The van der Waals surface area contributed by atoms with Crippen molar-refractivity contribution in [1.82, 2.24) is 0 Å². The lowest BCUT2D eigenvalue weighted by molar-refractivity contribution is -0.162. The molecular formula is C29H35NO9. The SMILES string of the molecule is COCCOCOc1cccc(C(ON)C(=O)OC(c2ccccc2)c2ccccc2)c1OCOCCOC. The van der Waals surface area contributed by atoms with Crippen LogP contribution < -0.4 is 15.4 Å². The second-order valence-electron chi connectivity index (χ2n) is 8.16. The predicted octanol–water partition coefficient (Wildman–Crippen LogP) is 3.95. The van der Waals surface area contributed by atoms with Gasteiger partial charge in [0.2, 0.25) is 6.10 Å². The second kappa shape index (κ2) is 17.2. The lowest BCUT2D eigenvalue weighted by Gasteiger charge is -2.24. The first kappa shape index (κ1) is 30.0. The summed E-state index contributed by atoms with van der Waals surface area (Å²) in [6.45, 7) is 1.25. The maximum Gasteiger partial charge on any atom is 0.343 e. The summed E-state index contributed by atoms with van der Waals surface area (Å²) in [4.78, 5) is 18.7. The number of rotatable bonds is 18. The summed E-state index contributed by atoms with van der Waals surface area (Å²) >= 11 is 0. The first-order valence-electron chi connectivity index (χ1n) is 12.4. The van der Waals surface area contributed by atoms with Gasteiger partial charge in [0.15, 0.2) is 31.2 Å². The molecule has 3 aromatic rings. The Kier molecular flexibility index (Phi) is 13.2. The zero-order valence-electron chi connectivity index (χ0n) is 22.2. The molecule has 0 bridgehead atoms. The summed E-state index contributed by atoms with van der Waals surface area (Å²) < 4.78 is 38.5. The number of para-hydroxylation sites is 1. The number of methoxy groups -OCH3 is 2. The Labute approximate surface area is 228 Å². The van der Waals surface area contributed by atoms with Crippen molar-refractivity contribution in [3.8, 4) is 11.5 Å². The number of benzene rings is 3. The van der Waals surface area contributed by atoms with Gasteiger partial charge in [0.1, 0.15) is 0 Å². The van der Waals surface area contributed by atoms with E-state index < -0.39 is 18.2 Å². The molecule has 0 fully saturated rings. The summed E-state index contributed by atoms with van der Waals surface area (Å²) in [5.41, 5.74) is 1.88. The van der Waals surface area contributed by atoms with E-state index in [0.717, 1.165) is 11.1 Å². The molecule has 2 N–H and O–H groups in total. The van der Waals surface area contributed by atoms with Crippen molar-refractivity contribution >= 4 is 5.97 Å². The fourth-order valence-electron chi connectivity index (χ4n) is 3.63. The van der Waals surface area contributed by atoms with Crippen LogP contribution in [0, 0.1) is 0 Å². The number of hydrogen-bond donors (Lipinski definition) is 1. The molecule has 0 spiro atoms. The summed E-state index contributed by atoms with van der Waals surface area (Å²) in [7, 11) is 3.15. The van der Waals surface area contributed by atoms with Crippen molar-refractivity contribution in [3.05, 3.63) is 95.6 Å². The molecule has 1 unspecified atom stereocenters.